The van der Waals surface area contributed by atoms with Gasteiger partial charge in [0.15, 0.2) is 0 Å². The van der Waals surface area contributed by atoms with Gasteiger partial charge in [0, 0.05) is 50.6 Å². The lowest BCUT2D eigenvalue weighted by Gasteiger charge is -2.42. The van der Waals surface area contributed by atoms with Crippen LogP contribution in [-0.4, -0.2) is 30.3 Å². The maximum absolute atomic E-state index is 15.4. The summed E-state index contributed by atoms with van der Waals surface area (Å²) in [6.07, 6.45) is 28.8. The van der Waals surface area contributed by atoms with E-state index < -0.39 is 11.0 Å². The van der Waals surface area contributed by atoms with E-state index in [1.54, 1.807) is 0 Å². The van der Waals surface area contributed by atoms with Crippen molar-refractivity contribution in [3.8, 4) is 57.8 Å². The minimum Gasteiger partial charge on any atom is -0.299 e. The van der Waals surface area contributed by atoms with Crippen LogP contribution in [0, 0.1) is 46.9 Å². The van der Waals surface area contributed by atoms with Crippen LogP contribution in [0.25, 0.3) is 27.8 Å². The molecule has 426 valence electrons. The number of likely N-dealkylation sites (N-methyl/N-ethyl adjacent to an activating group) is 1. The number of ketones is 1. The van der Waals surface area contributed by atoms with Gasteiger partial charge in [-0.2, -0.15) is 0 Å². The highest BCUT2D eigenvalue weighted by Gasteiger charge is 2.72. The molecule has 0 radical (unpaired) electrons. The Morgan fingerprint density at radius 1 is 0.434 bits per heavy atom. The molecular weight excluding hydrogens is 1000 g/mol. The van der Waals surface area contributed by atoms with Crippen molar-refractivity contribution in [2.75, 3.05) is 14.1 Å². The van der Waals surface area contributed by atoms with Crippen molar-refractivity contribution >= 4 is 11.4 Å². The summed E-state index contributed by atoms with van der Waals surface area (Å²) in [6.45, 7) is 9.31. The van der Waals surface area contributed by atoms with Gasteiger partial charge in [-0.1, -0.05) is 246 Å². The molecule has 3 atom stereocenters. The van der Waals surface area contributed by atoms with Crippen LogP contribution in [0.3, 0.4) is 0 Å². The van der Waals surface area contributed by atoms with E-state index in [9.17, 15) is 0 Å². The number of carbonyl (C=O) groups excluding carboxylic acids is 1. The molecule has 0 spiro atoms. The van der Waals surface area contributed by atoms with E-state index in [1.165, 1.54) is 164 Å². The largest absolute Gasteiger partial charge is 0.299 e. The highest BCUT2D eigenvalue weighted by atomic mass is 16.1. The molecule has 0 heterocycles. The van der Waals surface area contributed by atoms with Crippen molar-refractivity contribution in [2.24, 2.45) is 11.3 Å². The average molecular weight is 1090 g/mol. The Balaban J connectivity index is 1.07. The van der Waals surface area contributed by atoms with Gasteiger partial charge < -0.3 is 0 Å². The van der Waals surface area contributed by atoms with Crippen LogP contribution in [0.2, 0.25) is 0 Å². The molecule has 5 aliphatic rings. The summed E-state index contributed by atoms with van der Waals surface area (Å²) in [5, 5.41) is 0. The molecule has 0 saturated heterocycles. The lowest BCUT2D eigenvalue weighted by atomic mass is 9.63. The minimum atomic E-state index is -0.551. The number of allylic oxidation sites excluding steroid dienone is 1. The number of hydrogen-bond donors (Lipinski definition) is 0. The van der Waals surface area contributed by atoms with E-state index in [2.05, 4.69) is 216 Å². The molecule has 0 unspecified atom stereocenters. The van der Waals surface area contributed by atoms with Gasteiger partial charge in [0.05, 0.1) is 11.0 Å². The molecule has 5 aliphatic carbocycles. The number of Topliss-reactive ketones (excluding diaryl/α,β-unsaturated/α-hetero) is 1. The van der Waals surface area contributed by atoms with Crippen molar-refractivity contribution in [3.63, 3.8) is 0 Å². The van der Waals surface area contributed by atoms with Gasteiger partial charge in [0.2, 0.25) is 0 Å². The number of nitrogens with zero attached hydrogens (tertiary/aromatic N) is 1. The van der Waals surface area contributed by atoms with Crippen molar-refractivity contribution in [3.05, 3.63) is 195 Å². The summed E-state index contributed by atoms with van der Waals surface area (Å²) < 4.78 is 0. The Morgan fingerprint density at radius 2 is 0.831 bits per heavy atom. The smallest absolute Gasteiger partial charge is 0.146 e. The van der Waals surface area contributed by atoms with Crippen LogP contribution < -0.4 is 0 Å². The van der Waals surface area contributed by atoms with Crippen LogP contribution in [0.5, 0.6) is 0 Å². The Hall–Kier alpha value is -6.63. The molecule has 6 aromatic rings. The van der Waals surface area contributed by atoms with E-state index >= 15 is 4.79 Å². The van der Waals surface area contributed by atoms with Gasteiger partial charge in [-0.05, 0) is 181 Å². The van der Waals surface area contributed by atoms with E-state index in [0.29, 0.717) is 12.2 Å². The second-order valence-corrected chi connectivity index (χ2v) is 25.9. The molecule has 83 heavy (non-hydrogen) atoms. The molecule has 2 bridgehead atoms. The van der Waals surface area contributed by atoms with Gasteiger partial charge in [-0.15, -0.1) is 0 Å². The van der Waals surface area contributed by atoms with Crippen molar-refractivity contribution in [2.45, 2.75) is 205 Å². The molecule has 0 N–H and O–H groups in total. The summed E-state index contributed by atoms with van der Waals surface area (Å²) in [5.41, 5.74) is 19.0. The second kappa shape index (κ2) is 25.7. The SMILES string of the molecule is CCCCCCC1(CCCCCC)c2cc(C#CC3=C(c4ccc5c(c4)C(CCCCCC)(CCCCCC)c4cc(C#Cc6ccccc6)ccc4-5)[C@]45CCCC[C@H]4[C@@]3(N(C)C)CC5=O)ccc2-c2ccc(C#Cc3ccccc3)cc21. The first-order valence-corrected chi connectivity index (χ1v) is 32.9. The Kier molecular flexibility index (Phi) is 18.0. The number of rotatable bonds is 22. The van der Waals surface area contributed by atoms with Crippen LogP contribution in [0.1, 0.15) is 244 Å². The molecule has 0 aliphatic heterocycles. The number of hydrogen-bond acceptors (Lipinski definition) is 2. The predicted octanol–water partition coefficient (Wildman–Crippen LogP) is 20.2. The topological polar surface area (TPSA) is 20.3 Å². The molecule has 2 saturated carbocycles. The summed E-state index contributed by atoms with van der Waals surface area (Å²) in [7, 11) is 4.49. The lowest BCUT2D eigenvalue weighted by Crippen LogP contribution is -2.48. The maximum Gasteiger partial charge on any atom is 0.146 e. The fourth-order valence-corrected chi connectivity index (χ4v) is 16.7. The first kappa shape index (κ1) is 58.2. The van der Waals surface area contributed by atoms with E-state index in [4.69, 9.17) is 0 Å². The number of carbonyl (C=O) groups is 1. The third-order valence-electron chi connectivity index (χ3n) is 20.8. The molecular formula is C81H91NO. The normalized spacial score (nSPS) is 19.9. The summed E-state index contributed by atoms with van der Waals surface area (Å²) in [5.74, 6) is 22.9. The fourth-order valence-electron chi connectivity index (χ4n) is 16.7. The quantitative estimate of drug-likeness (QED) is 0.0499. The number of benzene rings is 6. The standard InChI is InChI=1S/C81H91NO/c1-7-11-15-26-50-78(51-27-16-12-8-2)71-55-62(38-36-60-31-21-19-22-32-60)40-45-66(71)67-47-42-64(57-72(67)78)43-49-70-77(80-54-30-25-35-75(80)81(70,82(5)6)59-76(80)83)65-44-48-69-68-46-41-63(39-37-61-33-23-20-24-34-61)56-73(68)79(74(69)58-65,52-28-17-13-9-3)53-29-18-14-10-4/h19-24,31-34,40-42,44-48,55-58,75H,7-18,25-30,35,50-54,59H2,1-6H3/t75-,80-,81-/m1/s1. The van der Waals surface area contributed by atoms with Crippen LogP contribution in [-0.2, 0) is 15.6 Å². The average Bonchev–Trinajstić information content (AvgIpc) is 1.67. The predicted molar refractivity (Wildman–Crippen MR) is 349 cm³/mol. The Morgan fingerprint density at radius 3 is 1.25 bits per heavy atom. The monoisotopic (exact) mass is 1090 g/mol. The number of fused-ring (bicyclic) bond motifs is 6. The zero-order chi connectivity index (χ0) is 57.4. The van der Waals surface area contributed by atoms with Crippen molar-refractivity contribution in [1.29, 1.82) is 0 Å². The summed E-state index contributed by atoms with van der Waals surface area (Å²) in [6, 6.07) is 49.8. The molecule has 0 amide bonds. The zero-order valence-corrected chi connectivity index (χ0v) is 51.3. The molecule has 0 aromatic heterocycles. The third kappa shape index (κ3) is 10.9. The fraction of sp³-hybridized carbons (Fsp3) is 0.444. The first-order valence-electron chi connectivity index (χ1n) is 32.9. The second-order valence-electron chi connectivity index (χ2n) is 25.9. The van der Waals surface area contributed by atoms with Crippen LogP contribution >= 0.6 is 0 Å². The first-order chi connectivity index (χ1) is 40.7. The summed E-state index contributed by atoms with van der Waals surface area (Å²) >= 11 is 0. The molecule has 6 aromatic carbocycles. The highest BCUT2D eigenvalue weighted by Crippen LogP contribution is 2.71. The van der Waals surface area contributed by atoms with E-state index in [-0.39, 0.29) is 16.7 Å². The Labute approximate surface area is 500 Å². The Bertz CT molecular complexity index is 3510. The molecule has 2 fully saturated rings. The molecule has 2 heteroatoms. The van der Waals surface area contributed by atoms with Gasteiger partial charge >= 0.3 is 0 Å². The van der Waals surface area contributed by atoms with E-state index in [0.717, 1.165) is 79.2 Å². The minimum absolute atomic E-state index is 0.118. The van der Waals surface area contributed by atoms with Gasteiger partial charge in [-0.3, -0.25) is 9.69 Å². The van der Waals surface area contributed by atoms with Gasteiger partial charge in [-0.25, -0.2) is 0 Å². The zero-order valence-electron chi connectivity index (χ0n) is 51.3. The lowest BCUT2D eigenvalue weighted by molar-refractivity contribution is -0.125. The van der Waals surface area contributed by atoms with Gasteiger partial charge in [0.1, 0.15) is 5.78 Å². The van der Waals surface area contributed by atoms with Gasteiger partial charge in [0.25, 0.3) is 0 Å². The summed E-state index contributed by atoms with van der Waals surface area (Å²) in [4.78, 5) is 17.9. The van der Waals surface area contributed by atoms with E-state index in [1.807, 2.05) is 0 Å². The maximum atomic E-state index is 15.4. The van der Waals surface area contributed by atoms with Crippen LogP contribution in [0.4, 0.5) is 0 Å². The highest BCUT2D eigenvalue weighted by molar-refractivity contribution is 6.08. The number of unbranched alkanes of at least 4 members (excludes halogenated alkanes) is 12. The third-order valence-corrected chi connectivity index (χ3v) is 20.8. The molecule has 11 rings (SSSR count). The van der Waals surface area contributed by atoms with Crippen molar-refractivity contribution in [1.82, 2.24) is 4.90 Å². The van der Waals surface area contributed by atoms with Crippen LogP contribution in [0.15, 0.2) is 139 Å². The molecule has 2 nitrogen and oxygen atoms in total. The van der Waals surface area contributed by atoms with Crippen molar-refractivity contribution < 1.29 is 4.79 Å².